The summed E-state index contributed by atoms with van der Waals surface area (Å²) in [5.74, 6) is -0.0250. The SMILES string of the molecule is CCC(Br)(CC)C(=O)NC(N)=O.Oc1ccccc1-c1ccccc1O. The minimum atomic E-state index is -0.814. The number of phenolic OH excluding ortho intramolecular Hbond substituents is 2. The third-order valence-corrected chi connectivity index (χ3v) is 5.34. The van der Waals surface area contributed by atoms with E-state index in [0.717, 1.165) is 0 Å². The second-order valence-electron chi connectivity index (χ2n) is 5.53. The van der Waals surface area contributed by atoms with Gasteiger partial charge in [-0.15, -0.1) is 0 Å². The second kappa shape index (κ2) is 9.82. The molecule has 0 bridgehead atoms. The zero-order valence-corrected chi connectivity index (χ0v) is 16.3. The van der Waals surface area contributed by atoms with Crippen LogP contribution in [0, 0.1) is 0 Å². The predicted molar refractivity (Wildman–Crippen MR) is 105 cm³/mol. The molecule has 2 rings (SSSR count). The van der Waals surface area contributed by atoms with Crippen molar-refractivity contribution in [2.24, 2.45) is 5.73 Å². The number of carbonyl (C=O) groups is 2. The second-order valence-corrected chi connectivity index (χ2v) is 7.04. The van der Waals surface area contributed by atoms with Gasteiger partial charge in [-0.25, -0.2) is 4.79 Å². The Morgan fingerprint density at radius 2 is 1.35 bits per heavy atom. The monoisotopic (exact) mass is 422 g/mol. The lowest BCUT2D eigenvalue weighted by molar-refractivity contribution is -0.122. The third kappa shape index (κ3) is 5.77. The number of rotatable bonds is 4. The van der Waals surface area contributed by atoms with E-state index < -0.39 is 10.4 Å². The van der Waals surface area contributed by atoms with Gasteiger partial charge in [0.05, 0.1) is 0 Å². The van der Waals surface area contributed by atoms with Crippen molar-refractivity contribution in [3.8, 4) is 22.6 Å². The highest BCUT2D eigenvalue weighted by Gasteiger charge is 2.32. The molecule has 3 amide bonds. The van der Waals surface area contributed by atoms with E-state index in [2.05, 4.69) is 15.9 Å². The molecule has 5 N–H and O–H groups in total. The molecule has 0 unspecified atom stereocenters. The van der Waals surface area contributed by atoms with Crippen molar-refractivity contribution in [2.45, 2.75) is 31.0 Å². The van der Waals surface area contributed by atoms with Crippen LogP contribution in [0.2, 0.25) is 0 Å². The molecule has 26 heavy (non-hydrogen) atoms. The summed E-state index contributed by atoms with van der Waals surface area (Å²) in [4.78, 5) is 21.6. The first-order valence-electron chi connectivity index (χ1n) is 8.11. The predicted octanol–water partition coefficient (Wildman–Crippen LogP) is 3.90. The molecule has 0 saturated heterocycles. The van der Waals surface area contributed by atoms with E-state index in [0.29, 0.717) is 24.0 Å². The average Bonchev–Trinajstić information content (AvgIpc) is 2.62. The molecule has 0 aliphatic rings. The van der Waals surface area contributed by atoms with Crippen molar-refractivity contribution in [1.82, 2.24) is 5.32 Å². The van der Waals surface area contributed by atoms with Crippen LogP contribution in [0.5, 0.6) is 11.5 Å². The summed E-state index contributed by atoms with van der Waals surface area (Å²) in [6.07, 6.45) is 1.23. The van der Waals surface area contributed by atoms with Gasteiger partial charge >= 0.3 is 6.03 Å². The van der Waals surface area contributed by atoms with E-state index in [4.69, 9.17) is 5.73 Å². The van der Waals surface area contributed by atoms with Gasteiger partial charge in [0.15, 0.2) is 0 Å². The molecule has 0 radical (unpaired) electrons. The van der Waals surface area contributed by atoms with Gasteiger partial charge in [0, 0.05) is 11.1 Å². The maximum atomic E-state index is 11.3. The first kappa shape index (κ1) is 21.5. The van der Waals surface area contributed by atoms with Crippen LogP contribution in [0.3, 0.4) is 0 Å². The van der Waals surface area contributed by atoms with E-state index in [1.54, 1.807) is 36.4 Å². The number of aromatic hydroxyl groups is 2. The van der Waals surface area contributed by atoms with Crippen molar-refractivity contribution in [3.05, 3.63) is 48.5 Å². The summed E-state index contributed by atoms with van der Waals surface area (Å²) in [5.41, 5.74) is 6.10. The van der Waals surface area contributed by atoms with Gasteiger partial charge in [0.25, 0.3) is 0 Å². The van der Waals surface area contributed by atoms with Gasteiger partial charge in [-0.3, -0.25) is 10.1 Å². The Morgan fingerprint density at radius 1 is 0.962 bits per heavy atom. The highest BCUT2D eigenvalue weighted by molar-refractivity contribution is 9.10. The van der Waals surface area contributed by atoms with Crippen LogP contribution in [-0.4, -0.2) is 26.5 Å². The van der Waals surface area contributed by atoms with Crippen molar-refractivity contribution in [2.75, 3.05) is 0 Å². The van der Waals surface area contributed by atoms with Crippen LogP contribution < -0.4 is 11.1 Å². The lowest BCUT2D eigenvalue weighted by atomic mass is 10.0. The van der Waals surface area contributed by atoms with Crippen LogP contribution in [0.15, 0.2) is 48.5 Å². The van der Waals surface area contributed by atoms with E-state index in [1.165, 1.54) is 0 Å². The molecule has 0 aromatic heterocycles. The third-order valence-electron chi connectivity index (χ3n) is 3.86. The van der Waals surface area contributed by atoms with E-state index in [1.807, 2.05) is 31.3 Å². The smallest absolute Gasteiger partial charge is 0.318 e. The Kier molecular flexibility index (Phi) is 8.12. The summed E-state index contributed by atoms with van der Waals surface area (Å²) >= 11 is 3.26. The zero-order valence-electron chi connectivity index (χ0n) is 14.7. The molecular weight excluding hydrogens is 400 g/mol. The van der Waals surface area contributed by atoms with Crippen molar-refractivity contribution in [1.29, 1.82) is 0 Å². The number of para-hydroxylation sites is 2. The Hall–Kier alpha value is -2.54. The molecule has 140 valence electrons. The fraction of sp³-hybridized carbons (Fsp3) is 0.263. The number of urea groups is 1. The highest BCUT2D eigenvalue weighted by atomic mass is 79.9. The summed E-state index contributed by atoms with van der Waals surface area (Å²) in [5, 5.41) is 21.2. The minimum Gasteiger partial charge on any atom is -0.507 e. The number of primary amides is 1. The van der Waals surface area contributed by atoms with Gasteiger partial charge in [0.2, 0.25) is 5.91 Å². The number of halogens is 1. The first-order valence-corrected chi connectivity index (χ1v) is 8.90. The average molecular weight is 423 g/mol. The highest BCUT2D eigenvalue weighted by Crippen LogP contribution is 2.34. The number of nitrogens with two attached hydrogens (primary N) is 1. The Morgan fingerprint density at radius 3 is 1.65 bits per heavy atom. The fourth-order valence-corrected chi connectivity index (χ4v) is 2.30. The summed E-state index contributed by atoms with van der Waals surface area (Å²) in [6.45, 7) is 3.72. The van der Waals surface area contributed by atoms with E-state index in [9.17, 15) is 19.8 Å². The van der Waals surface area contributed by atoms with Crippen molar-refractivity contribution < 1.29 is 19.8 Å². The number of carbonyl (C=O) groups excluding carboxylic acids is 2. The van der Waals surface area contributed by atoms with E-state index in [-0.39, 0.29) is 17.4 Å². The molecule has 6 nitrogen and oxygen atoms in total. The quantitative estimate of drug-likeness (QED) is 0.559. The van der Waals surface area contributed by atoms with Crippen molar-refractivity contribution >= 4 is 27.9 Å². The number of hydrogen-bond donors (Lipinski definition) is 4. The standard InChI is InChI=1S/C12H10O2.C7H13BrN2O2/c13-11-7-3-1-5-9(11)10-6-2-4-8-12(10)14;1-3-7(8,4-2)5(11)10-6(9)12/h1-8,13-14H;3-4H2,1-2H3,(H3,9,10,11,12). The van der Waals surface area contributed by atoms with Gasteiger partial charge < -0.3 is 15.9 Å². The minimum absolute atomic E-state index is 0.175. The molecule has 0 aliphatic carbocycles. The molecule has 7 heteroatoms. The number of benzene rings is 2. The molecule has 0 aliphatic heterocycles. The van der Waals surface area contributed by atoms with Crippen LogP contribution >= 0.6 is 15.9 Å². The van der Waals surface area contributed by atoms with Crippen LogP contribution in [0.1, 0.15) is 26.7 Å². The number of imide groups is 1. The van der Waals surface area contributed by atoms with Crippen LogP contribution in [-0.2, 0) is 4.79 Å². The molecule has 0 fully saturated rings. The molecule has 2 aromatic rings. The fourth-order valence-electron chi connectivity index (χ4n) is 2.20. The number of amides is 3. The van der Waals surface area contributed by atoms with Gasteiger partial charge in [0.1, 0.15) is 15.8 Å². The molecule has 2 aromatic carbocycles. The van der Waals surface area contributed by atoms with Crippen LogP contribution in [0.25, 0.3) is 11.1 Å². The maximum Gasteiger partial charge on any atom is 0.318 e. The number of nitrogens with one attached hydrogen (secondary N) is 1. The molecule has 0 saturated carbocycles. The number of alkyl halides is 1. The molecule has 0 atom stereocenters. The topological polar surface area (TPSA) is 113 Å². The molecular formula is C19H23BrN2O4. The lowest BCUT2D eigenvalue weighted by Crippen LogP contribution is -2.46. The number of hydrogen-bond acceptors (Lipinski definition) is 4. The normalized spacial score (nSPS) is 10.4. The largest absolute Gasteiger partial charge is 0.507 e. The Bertz CT molecular complexity index is 717. The van der Waals surface area contributed by atoms with Gasteiger partial charge in [-0.1, -0.05) is 66.2 Å². The lowest BCUT2D eigenvalue weighted by Gasteiger charge is -2.21. The zero-order chi connectivity index (χ0) is 19.7. The summed E-state index contributed by atoms with van der Waals surface area (Å²) in [7, 11) is 0. The molecule has 0 spiro atoms. The summed E-state index contributed by atoms with van der Waals surface area (Å²) < 4.78 is -0.665. The Labute approximate surface area is 161 Å². The maximum absolute atomic E-state index is 11.3. The van der Waals surface area contributed by atoms with Gasteiger partial charge in [-0.05, 0) is 25.0 Å². The number of phenols is 2. The first-order chi connectivity index (χ1) is 12.2. The van der Waals surface area contributed by atoms with E-state index >= 15 is 0 Å². The van der Waals surface area contributed by atoms with Crippen molar-refractivity contribution in [3.63, 3.8) is 0 Å². The summed E-state index contributed by atoms with van der Waals surface area (Å²) in [6, 6.07) is 13.1. The van der Waals surface area contributed by atoms with Gasteiger partial charge in [-0.2, -0.15) is 0 Å². The van der Waals surface area contributed by atoms with Crippen LogP contribution in [0.4, 0.5) is 4.79 Å². The Balaban J connectivity index is 0.000000265. The molecule has 0 heterocycles.